The Balaban J connectivity index is 2.47. The van der Waals surface area contributed by atoms with Crippen LogP contribution in [0.15, 0.2) is 34.3 Å². The van der Waals surface area contributed by atoms with Gasteiger partial charge in [0.25, 0.3) is 0 Å². The van der Waals surface area contributed by atoms with Crippen molar-refractivity contribution < 1.29 is 13.2 Å². The molecule has 0 radical (unpaired) electrons. The molecule has 0 saturated heterocycles. The van der Waals surface area contributed by atoms with Gasteiger partial charge in [-0.3, -0.25) is 9.36 Å². The molecule has 0 saturated carbocycles. The number of hydrogen-bond donors (Lipinski definition) is 1. The number of sulfonamides is 1. The van der Waals surface area contributed by atoms with Crippen LogP contribution in [0.25, 0.3) is 11.4 Å². The topological polar surface area (TPSA) is 97.2 Å². The quantitative estimate of drug-likeness (QED) is 0.493. The third-order valence-electron chi connectivity index (χ3n) is 5.28. The minimum absolute atomic E-state index is 0.0680. The first-order valence-corrected chi connectivity index (χ1v) is 13.7. The number of thioether (sulfide) groups is 1. The Morgan fingerprint density at radius 2 is 1.79 bits per heavy atom. The van der Waals surface area contributed by atoms with Crippen molar-refractivity contribution in [3.05, 3.63) is 24.3 Å². The number of rotatable bonds is 10. The Hall–Kier alpha value is -1.91. The van der Waals surface area contributed by atoms with E-state index in [9.17, 15) is 13.2 Å². The lowest BCUT2D eigenvalue weighted by Crippen LogP contribution is -2.44. The van der Waals surface area contributed by atoms with Gasteiger partial charge < -0.3 is 5.32 Å². The van der Waals surface area contributed by atoms with Gasteiger partial charge in [-0.2, -0.15) is 4.31 Å². The van der Waals surface area contributed by atoms with E-state index in [2.05, 4.69) is 29.4 Å². The van der Waals surface area contributed by atoms with Crippen LogP contribution in [0.1, 0.15) is 67.9 Å². The highest BCUT2D eigenvalue weighted by Crippen LogP contribution is 2.32. The Labute approximate surface area is 202 Å². The molecule has 2 rings (SSSR count). The Morgan fingerprint density at radius 3 is 2.33 bits per heavy atom. The van der Waals surface area contributed by atoms with Crippen molar-refractivity contribution in [3.8, 4) is 11.4 Å². The van der Waals surface area contributed by atoms with E-state index in [4.69, 9.17) is 0 Å². The number of hydrogen-bond acceptors (Lipinski definition) is 6. The maximum absolute atomic E-state index is 13.0. The fraction of sp³-hybridized carbons (Fsp3) is 0.609. The van der Waals surface area contributed by atoms with Crippen molar-refractivity contribution in [2.45, 2.75) is 88.7 Å². The second-order valence-corrected chi connectivity index (χ2v) is 12.3. The number of amides is 1. The fourth-order valence-corrected chi connectivity index (χ4v) is 5.78. The Kier molecular flexibility index (Phi) is 9.12. The Morgan fingerprint density at radius 1 is 1.15 bits per heavy atom. The van der Waals surface area contributed by atoms with Gasteiger partial charge in [-0.1, -0.05) is 44.7 Å². The highest BCUT2D eigenvalue weighted by molar-refractivity contribution is 8.00. The minimum atomic E-state index is -3.59. The Bertz CT molecular complexity index is 1060. The SMILES string of the molecule is CCC(C)n1c(SC(C)C(=O)NC(C)(C)C)nnc1-c1cccc(S(=O)(=O)N(CC)CC)c1. The van der Waals surface area contributed by atoms with Crippen LogP contribution in [-0.4, -0.2) is 57.3 Å². The summed E-state index contributed by atoms with van der Waals surface area (Å²) in [4.78, 5) is 12.8. The summed E-state index contributed by atoms with van der Waals surface area (Å²) < 4.78 is 29.5. The molecule has 2 atom stereocenters. The molecule has 33 heavy (non-hydrogen) atoms. The maximum Gasteiger partial charge on any atom is 0.243 e. The van der Waals surface area contributed by atoms with Gasteiger partial charge >= 0.3 is 0 Å². The van der Waals surface area contributed by atoms with Gasteiger partial charge in [-0.15, -0.1) is 10.2 Å². The lowest BCUT2D eigenvalue weighted by atomic mass is 10.1. The monoisotopic (exact) mass is 495 g/mol. The van der Waals surface area contributed by atoms with E-state index in [1.54, 1.807) is 18.2 Å². The average molecular weight is 496 g/mol. The highest BCUT2D eigenvalue weighted by Gasteiger charge is 2.26. The van der Waals surface area contributed by atoms with E-state index < -0.39 is 10.0 Å². The first-order chi connectivity index (χ1) is 15.3. The lowest BCUT2D eigenvalue weighted by Gasteiger charge is -2.23. The van der Waals surface area contributed by atoms with Crippen molar-refractivity contribution in [3.63, 3.8) is 0 Å². The molecule has 0 fully saturated rings. The van der Waals surface area contributed by atoms with E-state index in [1.165, 1.54) is 16.1 Å². The molecule has 0 aliphatic heterocycles. The smallest absolute Gasteiger partial charge is 0.243 e. The molecule has 1 N–H and O–H groups in total. The normalized spacial score (nSPS) is 14.3. The van der Waals surface area contributed by atoms with Crippen LogP contribution in [0.5, 0.6) is 0 Å². The van der Waals surface area contributed by atoms with Crippen molar-refractivity contribution >= 4 is 27.7 Å². The van der Waals surface area contributed by atoms with Crippen molar-refractivity contribution in [1.29, 1.82) is 0 Å². The number of carbonyl (C=O) groups is 1. The van der Waals surface area contributed by atoms with Crippen LogP contribution >= 0.6 is 11.8 Å². The summed E-state index contributed by atoms with van der Waals surface area (Å²) in [5, 5.41) is 12.0. The van der Waals surface area contributed by atoms with Crippen LogP contribution in [0, 0.1) is 0 Å². The summed E-state index contributed by atoms with van der Waals surface area (Å²) >= 11 is 1.35. The molecule has 2 aromatic rings. The van der Waals surface area contributed by atoms with Crippen LogP contribution in [-0.2, 0) is 14.8 Å². The zero-order chi connectivity index (χ0) is 25.0. The molecule has 8 nitrogen and oxygen atoms in total. The van der Waals surface area contributed by atoms with E-state index in [0.717, 1.165) is 6.42 Å². The van der Waals surface area contributed by atoms with E-state index in [-0.39, 0.29) is 27.6 Å². The molecular formula is C23H37N5O3S2. The second kappa shape index (κ2) is 11.0. The number of aromatic nitrogens is 3. The largest absolute Gasteiger partial charge is 0.351 e. The molecule has 0 aliphatic rings. The van der Waals surface area contributed by atoms with Gasteiger partial charge in [0, 0.05) is 30.2 Å². The van der Waals surface area contributed by atoms with Gasteiger partial charge in [-0.05, 0) is 53.2 Å². The third-order valence-corrected chi connectivity index (χ3v) is 8.38. The molecule has 1 amide bonds. The molecule has 0 bridgehead atoms. The number of nitrogens with one attached hydrogen (secondary N) is 1. The molecule has 0 spiro atoms. The van der Waals surface area contributed by atoms with E-state index in [1.807, 2.05) is 52.2 Å². The maximum atomic E-state index is 13.0. The van der Waals surface area contributed by atoms with Crippen LogP contribution in [0.3, 0.4) is 0 Å². The summed E-state index contributed by atoms with van der Waals surface area (Å²) in [6, 6.07) is 6.90. The molecule has 2 unspecified atom stereocenters. The van der Waals surface area contributed by atoms with Crippen LogP contribution in [0.2, 0.25) is 0 Å². The summed E-state index contributed by atoms with van der Waals surface area (Å²) in [7, 11) is -3.59. The highest BCUT2D eigenvalue weighted by atomic mass is 32.2. The molecule has 10 heteroatoms. The molecule has 1 heterocycles. The average Bonchev–Trinajstić information content (AvgIpc) is 3.16. The fourth-order valence-electron chi connectivity index (χ4n) is 3.33. The predicted molar refractivity (Wildman–Crippen MR) is 134 cm³/mol. The molecule has 1 aromatic heterocycles. The summed E-state index contributed by atoms with van der Waals surface area (Å²) in [5.41, 5.74) is 0.354. The summed E-state index contributed by atoms with van der Waals surface area (Å²) in [6.45, 7) is 16.3. The van der Waals surface area contributed by atoms with Gasteiger partial charge in [0.15, 0.2) is 11.0 Å². The van der Waals surface area contributed by atoms with E-state index >= 15 is 0 Å². The minimum Gasteiger partial charge on any atom is -0.351 e. The summed E-state index contributed by atoms with van der Waals surface area (Å²) in [6.07, 6.45) is 0.832. The number of nitrogens with zero attached hydrogens (tertiary/aromatic N) is 4. The van der Waals surface area contributed by atoms with Crippen molar-refractivity contribution in [1.82, 2.24) is 24.4 Å². The molecule has 0 aliphatic carbocycles. The standard InChI is InChI=1S/C23H37N5O3S2/c1-9-16(4)28-20(25-26-22(28)32-17(5)21(29)24-23(6,7)8)18-13-12-14-19(15-18)33(30,31)27(10-2)11-3/h12-17H,9-11H2,1-8H3,(H,24,29). The molecule has 184 valence electrons. The molecule has 1 aromatic carbocycles. The van der Waals surface area contributed by atoms with Crippen LogP contribution < -0.4 is 5.32 Å². The first kappa shape index (κ1) is 27.3. The molecular weight excluding hydrogens is 458 g/mol. The second-order valence-electron chi connectivity index (χ2n) is 9.05. The van der Waals surface area contributed by atoms with Crippen molar-refractivity contribution in [2.24, 2.45) is 0 Å². The van der Waals surface area contributed by atoms with Crippen LogP contribution in [0.4, 0.5) is 0 Å². The van der Waals surface area contributed by atoms with Gasteiger partial charge in [-0.25, -0.2) is 8.42 Å². The third kappa shape index (κ3) is 6.58. The number of benzene rings is 1. The first-order valence-electron chi connectivity index (χ1n) is 11.4. The number of carbonyl (C=O) groups excluding carboxylic acids is 1. The zero-order valence-corrected chi connectivity index (χ0v) is 22.5. The summed E-state index contributed by atoms with van der Waals surface area (Å²) in [5.74, 6) is 0.520. The van der Waals surface area contributed by atoms with Gasteiger partial charge in [0.05, 0.1) is 10.1 Å². The van der Waals surface area contributed by atoms with E-state index in [0.29, 0.717) is 29.6 Å². The zero-order valence-electron chi connectivity index (χ0n) is 20.9. The van der Waals surface area contributed by atoms with Crippen molar-refractivity contribution in [2.75, 3.05) is 13.1 Å². The van der Waals surface area contributed by atoms with Gasteiger partial charge in [0.2, 0.25) is 15.9 Å². The lowest BCUT2D eigenvalue weighted by molar-refractivity contribution is -0.121. The van der Waals surface area contributed by atoms with Gasteiger partial charge in [0.1, 0.15) is 0 Å². The predicted octanol–water partition coefficient (Wildman–Crippen LogP) is 4.34.